The Kier molecular flexibility index (Phi) is 6.29. The molecule has 0 heterocycles. The number of hydrogen-bond donors (Lipinski definition) is 1. The average molecular weight is 304 g/mol. The molecule has 3 nitrogen and oxygen atoms in total. The highest BCUT2D eigenvalue weighted by Gasteiger charge is 2.39. The van der Waals surface area contributed by atoms with Crippen molar-refractivity contribution in [2.24, 2.45) is 5.41 Å². The van der Waals surface area contributed by atoms with Gasteiger partial charge in [0.15, 0.2) is 0 Å². The first-order valence-electron chi connectivity index (χ1n) is 8.62. The third kappa shape index (κ3) is 4.25. The molecule has 1 fully saturated rings. The van der Waals surface area contributed by atoms with Crippen LogP contribution in [-0.2, 0) is 11.2 Å². The summed E-state index contributed by atoms with van der Waals surface area (Å²) in [4.78, 5) is 11.8. The second kappa shape index (κ2) is 8.21. The van der Waals surface area contributed by atoms with Gasteiger partial charge in [0.05, 0.1) is 12.0 Å². The quantitative estimate of drug-likeness (QED) is 0.699. The number of carboxylic acid groups (broad SMARTS) is 1. The molecule has 1 N–H and O–H groups in total. The van der Waals surface area contributed by atoms with Gasteiger partial charge in [-0.25, -0.2) is 0 Å². The lowest BCUT2D eigenvalue weighted by Gasteiger charge is -2.33. The fourth-order valence-corrected chi connectivity index (χ4v) is 3.35. The monoisotopic (exact) mass is 304 g/mol. The number of para-hydroxylation sites is 1. The first kappa shape index (κ1) is 16.9. The maximum atomic E-state index is 11.8. The summed E-state index contributed by atoms with van der Waals surface area (Å²) in [6, 6.07) is 8.06. The van der Waals surface area contributed by atoms with E-state index in [0.717, 1.165) is 69.3 Å². The van der Waals surface area contributed by atoms with Crippen molar-refractivity contribution in [2.75, 3.05) is 6.61 Å². The van der Waals surface area contributed by atoms with Gasteiger partial charge in [-0.1, -0.05) is 50.8 Å². The van der Waals surface area contributed by atoms with Crippen LogP contribution < -0.4 is 4.74 Å². The Balaban J connectivity index is 2.01. The number of carbonyl (C=O) groups is 1. The van der Waals surface area contributed by atoms with Crippen LogP contribution in [0.25, 0.3) is 0 Å². The Labute approximate surface area is 133 Å². The molecule has 1 aliphatic carbocycles. The van der Waals surface area contributed by atoms with Crippen molar-refractivity contribution in [3.8, 4) is 5.75 Å². The minimum Gasteiger partial charge on any atom is -0.493 e. The lowest BCUT2D eigenvalue weighted by atomic mass is 9.70. The Bertz CT molecular complexity index is 475. The summed E-state index contributed by atoms with van der Waals surface area (Å²) < 4.78 is 5.86. The van der Waals surface area contributed by atoms with E-state index in [4.69, 9.17) is 4.74 Å². The van der Waals surface area contributed by atoms with E-state index in [1.807, 2.05) is 18.2 Å². The number of carboxylic acids is 1. The average Bonchev–Trinajstić information content (AvgIpc) is 2.55. The highest BCUT2D eigenvalue weighted by atomic mass is 16.5. The first-order valence-corrected chi connectivity index (χ1v) is 8.62. The van der Waals surface area contributed by atoms with Gasteiger partial charge in [0, 0.05) is 0 Å². The Morgan fingerprint density at radius 3 is 2.64 bits per heavy atom. The Hall–Kier alpha value is -1.51. The summed E-state index contributed by atoms with van der Waals surface area (Å²) in [5.74, 6) is 0.309. The fourth-order valence-electron chi connectivity index (χ4n) is 3.35. The number of aryl methyl sites for hydroxylation is 1. The van der Waals surface area contributed by atoms with Gasteiger partial charge in [-0.05, 0) is 43.7 Å². The summed E-state index contributed by atoms with van der Waals surface area (Å²) in [5, 5.41) is 9.68. The van der Waals surface area contributed by atoms with Crippen molar-refractivity contribution in [3.05, 3.63) is 29.8 Å². The zero-order valence-corrected chi connectivity index (χ0v) is 13.6. The van der Waals surface area contributed by atoms with Crippen LogP contribution in [0.4, 0.5) is 0 Å². The van der Waals surface area contributed by atoms with E-state index in [1.165, 1.54) is 6.42 Å². The van der Waals surface area contributed by atoms with Gasteiger partial charge in [0.2, 0.25) is 0 Å². The number of unbranched alkanes of at least 4 members (excludes halogenated alkanes) is 1. The van der Waals surface area contributed by atoms with E-state index in [-0.39, 0.29) is 0 Å². The zero-order valence-electron chi connectivity index (χ0n) is 13.6. The number of rotatable bonds is 8. The molecule has 0 spiro atoms. The first-order chi connectivity index (χ1) is 10.7. The summed E-state index contributed by atoms with van der Waals surface area (Å²) in [6.07, 6.45) is 8.57. The number of benzene rings is 1. The van der Waals surface area contributed by atoms with Gasteiger partial charge in [-0.2, -0.15) is 0 Å². The lowest BCUT2D eigenvalue weighted by molar-refractivity contribution is -0.151. The molecular formula is C19H28O3. The molecule has 2 rings (SSSR count). The molecule has 3 heteroatoms. The van der Waals surface area contributed by atoms with E-state index in [2.05, 4.69) is 13.0 Å². The van der Waals surface area contributed by atoms with Crippen LogP contribution in [0.3, 0.4) is 0 Å². The van der Waals surface area contributed by atoms with Crippen LogP contribution in [-0.4, -0.2) is 17.7 Å². The number of aliphatic carboxylic acids is 1. The van der Waals surface area contributed by atoms with Gasteiger partial charge in [-0.3, -0.25) is 4.79 Å². The zero-order chi connectivity index (χ0) is 15.8. The topological polar surface area (TPSA) is 46.5 Å². The van der Waals surface area contributed by atoms with Gasteiger partial charge in [-0.15, -0.1) is 0 Å². The summed E-state index contributed by atoms with van der Waals surface area (Å²) in [6.45, 7) is 2.88. The molecule has 0 saturated heterocycles. The van der Waals surface area contributed by atoms with Crippen LogP contribution >= 0.6 is 0 Å². The molecule has 1 aromatic rings. The van der Waals surface area contributed by atoms with Crippen molar-refractivity contribution in [3.63, 3.8) is 0 Å². The normalized spacial score (nSPS) is 17.1. The summed E-state index contributed by atoms with van der Waals surface area (Å²) in [5.41, 5.74) is 0.624. The van der Waals surface area contributed by atoms with Crippen LogP contribution in [0, 0.1) is 5.41 Å². The van der Waals surface area contributed by atoms with Crippen molar-refractivity contribution in [1.82, 2.24) is 0 Å². The molecule has 0 unspecified atom stereocenters. The van der Waals surface area contributed by atoms with Crippen LogP contribution in [0.1, 0.15) is 63.9 Å². The van der Waals surface area contributed by atoms with E-state index < -0.39 is 11.4 Å². The standard InChI is InChI=1S/C19H28O3/c1-2-3-15-22-17-10-6-5-9-16(17)11-14-19(18(20)21)12-7-4-8-13-19/h5-6,9-10H,2-4,7-8,11-15H2,1H3,(H,20,21). The smallest absolute Gasteiger partial charge is 0.309 e. The van der Waals surface area contributed by atoms with Crippen molar-refractivity contribution < 1.29 is 14.6 Å². The SMILES string of the molecule is CCCCOc1ccccc1CCC1(C(=O)O)CCCCC1. The fraction of sp³-hybridized carbons (Fsp3) is 0.632. The van der Waals surface area contributed by atoms with Crippen molar-refractivity contribution in [2.45, 2.75) is 64.7 Å². The second-order valence-electron chi connectivity index (χ2n) is 6.46. The number of hydrogen-bond acceptors (Lipinski definition) is 2. The van der Waals surface area contributed by atoms with Crippen molar-refractivity contribution in [1.29, 1.82) is 0 Å². The molecule has 0 aliphatic heterocycles. The summed E-state index contributed by atoms with van der Waals surface area (Å²) >= 11 is 0. The predicted molar refractivity (Wildman–Crippen MR) is 88.3 cm³/mol. The van der Waals surface area contributed by atoms with Crippen molar-refractivity contribution >= 4 is 5.97 Å². The van der Waals surface area contributed by atoms with Gasteiger partial charge in [0.25, 0.3) is 0 Å². The molecule has 22 heavy (non-hydrogen) atoms. The molecule has 0 aromatic heterocycles. The van der Waals surface area contributed by atoms with Crippen LogP contribution in [0.2, 0.25) is 0 Å². The Morgan fingerprint density at radius 2 is 1.95 bits per heavy atom. The highest BCUT2D eigenvalue weighted by molar-refractivity contribution is 5.74. The predicted octanol–water partition coefficient (Wildman–Crippen LogP) is 4.83. The summed E-state index contributed by atoms with van der Waals surface area (Å²) in [7, 11) is 0. The molecule has 0 atom stereocenters. The van der Waals surface area contributed by atoms with Crippen LogP contribution in [0.5, 0.6) is 5.75 Å². The van der Waals surface area contributed by atoms with E-state index in [1.54, 1.807) is 0 Å². The molecule has 1 aliphatic rings. The van der Waals surface area contributed by atoms with Gasteiger partial charge >= 0.3 is 5.97 Å². The largest absolute Gasteiger partial charge is 0.493 e. The molecule has 1 aromatic carbocycles. The molecular weight excluding hydrogens is 276 g/mol. The highest BCUT2D eigenvalue weighted by Crippen LogP contribution is 2.41. The Morgan fingerprint density at radius 1 is 1.23 bits per heavy atom. The van der Waals surface area contributed by atoms with E-state index >= 15 is 0 Å². The van der Waals surface area contributed by atoms with Crippen LogP contribution in [0.15, 0.2) is 24.3 Å². The third-order valence-electron chi connectivity index (χ3n) is 4.87. The maximum Gasteiger partial charge on any atom is 0.309 e. The molecule has 0 radical (unpaired) electrons. The van der Waals surface area contributed by atoms with Gasteiger partial charge in [0.1, 0.15) is 5.75 Å². The lowest BCUT2D eigenvalue weighted by Crippen LogP contribution is -2.33. The minimum absolute atomic E-state index is 0.519. The maximum absolute atomic E-state index is 11.8. The van der Waals surface area contributed by atoms with E-state index in [0.29, 0.717) is 0 Å². The third-order valence-corrected chi connectivity index (χ3v) is 4.87. The molecule has 122 valence electrons. The molecule has 0 bridgehead atoms. The molecule has 1 saturated carbocycles. The number of ether oxygens (including phenoxy) is 1. The van der Waals surface area contributed by atoms with E-state index in [9.17, 15) is 9.90 Å². The molecule has 0 amide bonds. The second-order valence-corrected chi connectivity index (χ2v) is 6.46. The minimum atomic E-state index is -0.614. The van der Waals surface area contributed by atoms with Gasteiger partial charge < -0.3 is 9.84 Å².